The molecule has 0 radical (unpaired) electrons. The Morgan fingerprint density at radius 3 is 2.71 bits per heavy atom. The maximum Gasteiger partial charge on any atom is 0.257 e. The number of aromatic nitrogens is 2. The second-order valence-electron chi connectivity index (χ2n) is 3.67. The molecule has 3 rings (SSSR count). The summed E-state index contributed by atoms with van der Waals surface area (Å²) in [6, 6.07) is 14.5. The Morgan fingerprint density at radius 2 is 1.94 bits per heavy atom. The molecule has 2 heterocycles. The lowest BCUT2D eigenvalue weighted by Crippen LogP contribution is -1.81. The predicted octanol–water partition coefficient (Wildman–Crippen LogP) is 3.39. The predicted molar refractivity (Wildman–Crippen MR) is 66.9 cm³/mol. The van der Waals surface area contributed by atoms with Gasteiger partial charge < -0.3 is 4.42 Å². The first-order valence-corrected chi connectivity index (χ1v) is 6.12. The lowest BCUT2D eigenvalue weighted by atomic mass is 10.1. The van der Waals surface area contributed by atoms with Gasteiger partial charge in [0.2, 0.25) is 6.39 Å². The van der Waals surface area contributed by atoms with Crippen molar-refractivity contribution in [2.45, 2.75) is 6.42 Å². The van der Waals surface area contributed by atoms with Crippen LogP contribution in [-0.4, -0.2) is 10.2 Å². The van der Waals surface area contributed by atoms with Crippen LogP contribution in [0.5, 0.6) is 0 Å². The van der Waals surface area contributed by atoms with Crippen LogP contribution in [0, 0.1) is 0 Å². The molecule has 4 heteroatoms. The van der Waals surface area contributed by atoms with Gasteiger partial charge in [0, 0.05) is 11.3 Å². The maximum atomic E-state index is 5.17. The summed E-state index contributed by atoms with van der Waals surface area (Å²) in [6.07, 6.45) is 2.30. The van der Waals surface area contributed by atoms with Gasteiger partial charge in [0.1, 0.15) is 0 Å². The molecule has 17 heavy (non-hydrogen) atoms. The van der Waals surface area contributed by atoms with E-state index >= 15 is 0 Å². The number of thiophene rings is 1. The van der Waals surface area contributed by atoms with Crippen LogP contribution in [0.3, 0.4) is 0 Å². The fourth-order valence-electron chi connectivity index (χ4n) is 1.67. The molecule has 0 aliphatic carbocycles. The van der Waals surface area contributed by atoms with Gasteiger partial charge >= 0.3 is 0 Å². The minimum Gasteiger partial charge on any atom is -0.423 e. The van der Waals surface area contributed by atoms with E-state index in [-0.39, 0.29) is 0 Å². The standard InChI is InChI=1S/C13H10N2OS/c1-2-4-10(5-3-1)8-11-6-7-12(17-11)13-15-14-9-16-13/h1-7,9H,8H2. The Balaban J connectivity index is 1.82. The highest BCUT2D eigenvalue weighted by molar-refractivity contribution is 7.15. The van der Waals surface area contributed by atoms with Crippen LogP contribution in [0.15, 0.2) is 53.3 Å². The molecule has 2 aromatic heterocycles. The van der Waals surface area contributed by atoms with Crippen molar-refractivity contribution < 1.29 is 4.42 Å². The smallest absolute Gasteiger partial charge is 0.257 e. The fraction of sp³-hybridized carbons (Fsp3) is 0.0769. The minimum absolute atomic E-state index is 0.592. The summed E-state index contributed by atoms with van der Waals surface area (Å²) < 4.78 is 5.17. The van der Waals surface area contributed by atoms with Gasteiger partial charge in [-0.05, 0) is 17.7 Å². The molecule has 3 aromatic rings. The molecule has 0 atom stereocenters. The van der Waals surface area contributed by atoms with Crippen LogP contribution in [0.4, 0.5) is 0 Å². The second kappa shape index (κ2) is 4.51. The zero-order chi connectivity index (χ0) is 11.5. The number of benzene rings is 1. The van der Waals surface area contributed by atoms with Gasteiger partial charge in [-0.15, -0.1) is 21.5 Å². The molecule has 0 aliphatic rings. The van der Waals surface area contributed by atoms with Crippen molar-refractivity contribution in [3.05, 3.63) is 59.3 Å². The van der Waals surface area contributed by atoms with Gasteiger partial charge in [-0.25, -0.2) is 0 Å². The van der Waals surface area contributed by atoms with Gasteiger partial charge in [0.25, 0.3) is 5.89 Å². The van der Waals surface area contributed by atoms with E-state index in [9.17, 15) is 0 Å². The maximum absolute atomic E-state index is 5.17. The van der Waals surface area contributed by atoms with Crippen LogP contribution < -0.4 is 0 Å². The lowest BCUT2D eigenvalue weighted by Gasteiger charge is -1.96. The zero-order valence-corrected chi connectivity index (χ0v) is 9.85. The number of hydrogen-bond acceptors (Lipinski definition) is 4. The van der Waals surface area contributed by atoms with Crippen LogP contribution in [-0.2, 0) is 6.42 Å². The second-order valence-corrected chi connectivity index (χ2v) is 4.84. The van der Waals surface area contributed by atoms with Gasteiger partial charge in [-0.2, -0.15) is 0 Å². The van der Waals surface area contributed by atoms with Crippen molar-refractivity contribution in [2.24, 2.45) is 0 Å². The zero-order valence-electron chi connectivity index (χ0n) is 9.04. The third kappa shape index (κ3) is 2.26. The molecule has 0 bridgehead atoms. The van der Waals surface area contributed by atoms with Gasteiger partial charge in [-0.3, -0.25) is 0 Å². The van der Waals surface area contributed by atoms with Crippen LogP contribution >= 0.6 is 11.3 Å². The highest BCUT2D eigenvalue weighted by Crippen LogP contribution is 2.27. The first kappa shape index (κ1) is 10.2. The van der Waals surface area contributed by atoms with Gasteiger partial charge in [0.05, 0.1) is 4.88 Å². The molecule has 0 spiro atoms. The monoisotopic (exact) mass is 242 g/mol. The molecule has 0 saturated heterocycles. The number of nitrogens with zero attached hydrogens (tertiary/aromatic N) is 2. The van der Waals surface area contributed by atoms with E-state index in [1.165, 1.54) is 16.8 Å². The van der Waals surface area contributed by atoms with E-state index < -0.39 is 0 Å². The average Bonchev–Trinajstić information content (AvgIpc) is 3.00. The third-order valence-corrected chi connectivity index (χ3v) is 3.53. The Bertz CT molecular complexity index is 587. The molecule has 0 unspecified atom stereocenters. The first-order valence-electron chi connectivity index (χ1n) is 5.31. The Morgan fingerprint density at radius 1 is 1.06 bits per heavy atom. The summed E-state index contributed by atoms with van der Waals surface area (Å²) in [6.45, 7) is 0. The summed E-state index contributed by atoms with van der Waals surface area (Å²) in [5.74, 6) is 0.592. The first-order chi connectivity index (χ1) is 8.42. The highest BCUT2D eigenvalue weighted by Gasteiger charge is 2.07. The van der Waals surface area contributed by atoms with E-state index in [0.717, 1.165) is 11.3 Å². The van der Waals surface area contributed by atoms with Gasteiger partial charge in [-0.1, -0.05) is 30.3 Å². The minimum atomic E-state index is 0.592. The molecule has 0 aliphatic heterocycles. The third-order valence-electron chi connectivity index (χ3n) is 2.45. The van der Waals surface area contributed by atoms with Crippen LogP contribution in [0.1, 0.15) is 10.4 Å². The molecule has 84 valence electrons. The van der Waals surface area contributed by atoms with Crippen molar-refractivity contribution in [3.63, 3.8) is 0 Å². The van der Waals surface area contributed by atoms with E-state index in [1.807, 2.05) is 12.1 Å². The Hall–Kier alpha value is -1.94. The summed E-state index contributed by atoms with van der Waals surface area (Å²) in [5, 5.41) is 7.58. The van der Waals surface area contributed by atoms with E-state index in [0.29, 0.717) is 5.89 Å². The molecule has 0 fully saturated rings. The molecular weight excluding hydrogens is 232 g/mol. The Labute approximate surface area is 103 Å². The fourth-order valence-corrected chi connectivity index (χ4v) is 2.64. The van der Waals surface area contributed by atoms with Crippen molar-refractivity contribution in [1.82, 2.24) is 10.2 Å². The summed E-state index contributed by atoms with van der Waals surface area (Å²) in [5.41, 5.74) is 1.31. The van der Waals surface area contributed by atoms with Gasteiger partial charge in [0.15, 0.2) is 0 Å². The SMILES string of the molecule is c1ccc(Cc2ccc(-c3nnco3)s2)cc1. The van der Waals surface area contributed by atoms with Crippen molar-refractivity contribution in [3.8, 4) is 10.8 Å². The normalized spacial score (nSPS) is 10.6. The van der Waals surface area contributed by atoms with Crippen LogP contribution in [0.2, 0.25) is 0 Å². The van der Waals surface area contributed by atoms with E-state index in [4.69, 9.17) is 4.42 Å². The van der Waals surface area contributed by atoms with E-state index in [1.54, 1.807) is 11.3 Å². The topological polar surface area (TPSA) is 38.9 Å². The molecule has 0 saturated carbocycles. The quantitative estimate of drug-likeness (QED) is 0.706. The van der Waals surface area contributed by atoms with Crippen LogP contribution in [0.25, 0.3) is 10.8 Å². The average molecular weight is 242 g/mol. The molecule has 1 aromatic carbocycles. The highest BCUT2D eigenvalue weighted by atomic mass is 32.1. The Kier molecular flexibility index (Phi) is 2.71. The molecule has 3 nitrogen and oxygen atoms in total. The van der Waals surface area contributed by atoms with E-state index in [2.05, 4.69) is 40.5 Å². The number of hydrogen-bond donors (Lipinski definition) is 0. The largest absolute Gasteiger partial charge is 0.423 e. The molecule has 0 N–H and O–H groups in total. The van der Waals surface area contributed by atoms with Crippen molar-refractivity contribution in [1.29, 1.82) is 0 Å². The summed E-state index contributed by atoms with van der Waals surface area (Å²) in [4.78, 5) is 2.32. The molecule has 0 amide bonds. The summed E-state index contributed by atoms with van der Waals surface area (Å²) >= 11 is 1.69. The lowest BCUT2D eigenvalue weighted by molar-refractivity contribution is 0.570. The van der Waals surface area contributed by atoms with Crippen molar-refractivity contribution in [2.75, 3.05) is 0 Å². The summed E-state index contributed by atoms with van der Waals surface area (Å²) in [7, 11) is 0. The van der Waals surface area contributed by atoms with Crippen molar-refractivity contribution >= 4 is 11.3 Å². The number of rotatable bonds is 3. The molecular formula is C13H10N2OS.